The highest BCUT2D eigenvalue weighted by molar-refractivity contribution is 7.13. The lowest BCUT2D eigenvalue weighted by Crippen LogP contribution is -1.86. The van der Waals surface area contributed by atoms with Crippen LogP contribution in [0.1, 0.15) is 104 Å². The zero-order chi connectivity index (χ0) is 20.4. The fourth-order valence-corrected chi connectivity index (χ4v) is 4.44. The molecule has 2 nitrogen and oxygen atoms in total. The summed E-state index contributed by atoms with van der Waals surface area (Å²) in [6, 6.07) is 8.57. The van der Waals surface area contributed by atoms with Gasteiger partial charge >= 0.3 is 0 Å². The molecule has 0 bridgehead atoms. The van der Waals surface area contributed by atoms with Crippen molar-refractivity contribution in [2.75, 3.05) is 0 Å². The van der Waals surface area contributed by atoms with Crippen LogP contribution >= 0.6 is 22.7 Å². The zero-order valence-corrected chi connectivity index (χ0v) is 19.2. The molecule has 0 unspecified atom stereocenters. The molecule has 0 amide bonds. The Balaban J connectivity index is 0.000000444. The molecular weight excluding hydrogens is 356 g/mol. The number of nitrogens with zero attached hydrogens (tertiary/aromatic N) is 2. The number of aryl methyl sites for hydroxylation is 1. The number of rotatable bonds is 3. The second kappa shape index (κ2) is 11.9. The van der Waals surface area contributed by atoms with Gasteiger partial charge in [0.2, 0.25) is 0 Å². The van der Waals surface area contributed by atoms with Crippen molar-refractivity contribution >= 4 is 22.7 Å². The summed E-state index contributed by atoms with van der Waals surface area (Å²) < 4.78 is 0. The molecule has 0 N–H and O–H groups in total. The van der Waals surface area contributed by atoms with Gasteiger partial charge in [-0.2, -0.15) is 10.5 Å². The average molecular weight is 389 g/mol. The highest BCUT2D eigenvalue weighted by Crippen LogP contribution is 2.32. The molecule has 142 valence electrons. The number of hydrogen-bond acceptors (Lipinski definition) is 4. The molecule has 0 radical (unpaired) electrons. The molecule has 2 aromatic heterocycles. The van der Waals surface area contributed by atoms with E-state index in [0.717, 1.165) is 9.75 Å². The normalized spacial score (nSPS) is 9.92. The zero-order valence-electron chi connectivity index (χ0n) is 17.6. The Hall–Kier alpha value is -1.62. The summed E-state index contributed by atoms with van der Waals surface area (Å²) in [7, 11) is 0. The summed E-state index contributed by atoms with van der Waals surface area (Å²) >= 11 is 3.24. The van der Waals surface area contributed by atoms with Gasteiger partial charge in [-0.3, -0.25) is 0 Å². The molecule has 4 heteroatoms. The topological polar surface area (TPSA) is 47.6 Å². The van der Waals surface area contributed by atoms with Gasteiger partial charge in [-0.05, 0) is 47.9 Å². The van der Waals surface area contributed by atoms with Crippen molar-refractivity contribution < 1.29 is 0 Å². The number of thiophene rings is 2. The Kier molecular flexibility index (Phi) is 11.2. The molecule has 2 heterocycles. The molecule has 2 rings (SSSR count). The molecule has 0 saturated heterocycles. The predicted molar refractivity (Wildman–Crippen MR) is 116 cm³/mol. The maximum atomic E-state index is 8.92. The van der Waals surface area contributed by atoms with E-state index in [1.54, 1.807) is 22.7 Å². The van der Waals surface area contributed by atoms with Gasteiger partial charge in [-0.1, -0.05) is 55.4 Å². The fraction of sp³-hybridized carbons (Fsp3) is 0.545. The van der Waals surface area contributed by atoms with Crippen LogP contribution in [0, 0.1) is 29.6 Å². The highest BCUT2D eigenvalue weighted by atomic mass is 32.1. The van der Waals surface area contributed by atoms with Crippen LogP contribution in [-0.4, -0.2) is 0 Å². The van der Waals surface area contributed by atoms with Crippen LogP contribution in [-0.2, 0) is 0 Å². The van der Waals surface area contributed by atoms with Crippen molar-refractivity contribution in [3.63, 3.8) is 0 Å². The molecule has 0 spiro atoms. The van der Waals surface area contributed by atoms with Crippen LogP contribution in [0.4, 0.5) is 0 Å². The second-order valence-corrected chi connectivity index (χ2v) is 8.95. The van der Waals surface area contributed by atoms with Crippen LogP contribution in [0.25, 0.3) is 0 Å². The van der Waals surface area contributed by atoms with Crippen LogP contribution in [0.5, 0.6) is 0 Å². The molecule has 0 saturated carbocycles. The SMILES string of the molecule is CC.CC(C)c1cc(C(C)C)c(C#N)s1.Cc1cc(C#N)sc1C(C)C. The first kappa shape index (κ1) is 24.4. The first-order chi connectivity index (χ1) is 12.2. The summed E-state index contributed by atoms with van der Waals surface area (Å²) in [6.07, 6.45) is 0. The van der Waals surface area contributed by atoms with Crippen molar-refractivity contribution in [2.24, 2.45) is 0 Å². The van der Waals surface area contributed by atoms with E-state index in [-0.39, 0.29) is 0 Å². The van der Waals surface area contributed by atoms with Crippen molar-refractivity contribution in [1.82, 2.24) is 0 Å². The Labute approximate surface area is 168 Å². The van der Waals surface area contributed by atoms with E-state index in [4.69, 9.17) is 10.5 Å². The summed E-state index contributed by atoms with van der Waals surface area (Å²) in [5, 5.41) is 17.5. The van der Waals surface area contributed by atoms with Gasteiger partial charge in [-0.25, -0.2) is 0 Å². The number of nitriles is 2. The molecule has 0 aromatic carbocycles. The molecule has 0 aliphatic rings. The molecule has 0 fully saturated rings. The van der Waals surface area contributed by atoms with E-state index in [1.807, 2.05) is 19.9 Å². The number of hydrogen-bond donors (Lipinski definition) is 0. The van der Waals surface area contributed by atoms with E-state index in [9.17, 15) is 0 Å². The monoisotopic (exact) mass is 388 g/mol. The van der Waals surface area contributed by atoms with Crippen molar-refractivity contribution in [1.29, 1.82) is 10.5 Å². The van der Waals surface area contributed by atoms with Crippen LogP contribution in [0.15, 0.2) is 12.1 Å². The third-order valence-electron chi connectivity index (χ3n) is 3.66. The smallest absolute Gasteiger partial charge is 0.110 e. The average Bonchev–Trinajstić information content (AvgIpc) is 3.20. The maximum Gasteiger partial charge on any atom is 0.110 e. The lowest BCUT2D eigenvalue weighted by molar-refractivity contribution is 0.854. The van der Waals surface area contributed by atoms with Crippen LogP contribution in [0.2, 0.25) is 0 Å². The Morgan fingerprint density at radius 2 is 1.38 bits per heavy atom. The van der Waals surface area contributed by atoms with Gasteiger partial charge in [0.05, 0.1) is 0 Å². The van der Waals surface area contributed by atoms with Crippen LogP contribution in [0.3, 0.4) is 0 Å². The third kappa shape index (κ3) is 6.94. The summed E-state index contributed by atoms with van der Waals surface area (Å²) in [5.74, 6) is 1.53. The van der Waals surface area contributed by atoms with Gasteiger partial charge in [0.25, 0.3) is 0 Å². The first-order valence-electron chi connectivity index (χ1n) is 9.25. The second-order valence-electron chi connectivity index (χ2n) is 6.78. The summed E-state index contributed by atoms with van der Waals surface area (Å²) in [4.78, 5) is 4.37. The maximum absolute atomic E-state index is 8.92. The molecular formula is C22H32N2S2. The van der Waals surface area contributed by atoms with Gasteiger partial charge in [0.1, 0.15) is 21.9 Å². The largest absolute Gasteiger partial charge is 0.192 e. The Bertz CT molecular complexity index is 750. The van der Waals surface area contributed by atoms with Gasteiger partial charge in [0.15, 0.2) is 0 Å². The van der Waals surface area contributed by atoms with E-state index < -0.39 is 0 Å². The lowest BCUT2D eigenvalue weighted by Gasteiger charge is -2.00. The molecule has 26 heavy (non-hydrogen) atoms. The van der Waals surface area contributed by atoms with Crippen LogP contribution < -0.4 is 0 Å². The summed E-state index contributed by atoms with van der Waals surface area (Å²) in [5.41, 5.74) is 2.46. The molecule has 0 aliphatic heterocycles. The fourth-order valence-electron chi connectivity index (χ4n) is 2.35. The first-order valence-corrected chi connectivity index (χ1v) is 10.9. The lowest BCUT2D eigenvalue weighted by atomic mass is 10.0. The molecule has 2 aromatic rings. The minimum absolute atomic E-state index is 0.457. The van der Waals surface area contributed by atoms with E-state index in [1.165, 1.54) is 20.9 Å². The predicted octanol–water partition coefficient (Wildman–Crippen LogP) is 7.94. The highest BCUT2D eigenvalue weighted by Gasteiger charge is 2.13. The minimum Gasteiger partial charge on any atom is -0.192 e. The Morgan fingerprint density at radius 3 is 1.65 bits per heavy atom. The van der Waals surface area contributed by atoms with E-state index in [2.05, 4.69) is 66.7 Å². The standard InChI is InChI=1S/C11H15NS.C9H11NS.C2H6/c1-7(2)9-5-10(8(3)4)13-11(9)6-12;1-6(2)9-7(3)4-8(5-10)11-9;1-2/h5,7-8H,1-4H3;4,6H,1-3H3;1-2H3. The van der Waals surface area contributed by atoms with E-state index >= 15 is 0 Å². The van der Waals surface area contributed by atoms with Gasteiger partial charge in [-0.15, -0.1) is 22.7 Å². The van der Waals surface area contributed by atoms with Gasteiger partial charge < -0.3 is 0 Å². The van der Waals surface area contributed by atoms with Crippen molar-refractivity contribution in [2.45, 2.75) is 80.1 Å². The van der Waals surface area contributed by atoms with Crippen molar-refractivity contribution in [3.8, 4) is 12.1 Å². The minimum atomic E-state index is 0.457. The molecule has 0 aliphatic carbocycles. The van der Waals surface area contributed by atoms with Crippen molar-refractivity contribution in [3.05, 3.63) is 42.8 Å². The molecule has 0 atom stereocenters. The van der Waals surface area contributed by atoms with Gasteiger partial charge in [0, 0.05) is 9.75 Å². The van der Waals surface area contributed by atoms with E-state index in [0.29, 0.717) is 17.8 Å². The summed E-state index contributed by atoms with van der Waals surface area (Å²) in [6.45, 7) is 19.0. The quantitative estimate of drug-likeness (QED) is 0.535. The third-order valence-corrected chi connectivity index (χ3v) is 6.46. The Morgan fingerprint density at radius 1 is 0.808 bits per heavy atom.